The van der Waals surface area contributed by atoms with Crippen LogP contribution in [0, 0.1) is 6.92 Å². The molecule has 1 aromatic carbocycles. The average molecular weight is 329 g/mol. The van der Waals surface area contributed by atoms with E-state index in [9.17, 15) is 23.1 Å². The molecular weight excluding hydrogens is 315 g/mol. The van der Waals surface area contributed by atoms with Crippen LogP contribution in [0.2, 0.25) is 0 Å². The first-order valence-electron chi connectivity index (χ1n) is 6.46. The molecule has 7 heteroatoms. The Morgan fingerprint density at radius 1 is 1.32 bits per heavy atom. The summed E-state index contributed by atoms with van der Waals surface area (Å²) in [6.45, 7) is 1.80. The van der Waals surface area contributed by atoms with E-state index in [1.807, 2.05) is 12.3 Å². The molecule has 0 aliphatic carbocycles. The molecular formula is C15H14F3NO2S. The van der Waals surface area contributed by atoms with Crippen LogP contribution < -0.4 is 5.32 Å². The number of aliphatic hydroxyl groups excluding tert-OH is 1. The molecule has 0 spiro atoms. The van der Waals surface area contributed by atoms with Gasteiger partial charge in [0.25, 0.3) is 5.91 Å². The molecule has 1 amide bonds. The van der Waals surface area contributed by atoms with Crippen LogP contribution in [0.5, 0.6) is 0 Å². The van der Waals surface area contributed by atoms with Gasteiger partial charge in [0.2, 0.25) is 0 Å². The fourth-order valence-corrected chi connectivity index (χ4v) is 2.65. The van der Waals surface area contributed by atoms with Crippen molar-refractivity contribution in [1.82, 2.24) is 5.32 Å². The molecule has 3 nitrogen and oxygen atoms in total. The van der Waals surface area contributed by atoms with Crippen LogP contribution in [-0.2, 0) is 6.18 Å². The summed E-state index contributed by atoms with van der Waals surface area (Å²) in [6.07, 6.45) is -5.47. The first-order valence-corrected chi connectivity index (χ1v) is 7.34. The predicted molar refractivity (Wildman–Crippen MR) is 77.8 cm³/mol. The Morgan fingerprint density at radius 3 is 2.45 bits per heavy atom. The zero-order chi connectivity index (χ0) is 16.3. The molecule has 22 heavy (non-hydrogen) atoms. The number of alkyl halides is 3. The second kappa shape index (κ2) is 6.50. The van der Waals surface area contributed by atoms with Crippen LogP contribution in [-0.4, -0.2) is 17.6 Å². The Labute approximate surface area is 129 Å². The summed E-state index contributed by atoms with van der Waals surface area (Å²) in [6, 6.07) is 5.94. The van der Waals surface area contributed by atoms with Crippen molar-refractivity contribution in [3.63, 3.8) is 0 Å². The number of hydrogen-bond donors (Lipinski definition) is 2. The van der Waals surface area contributed by atoms with Gasteiger partial charge in [-0.1, -0.05) is 12.1 Å². The number of aryl methyl sites for hydroxylation is 1. The summed E-state index contributed by atoms with van der Waals surface area (Å²) in [7, 11) is 0. The van der Waals surface area contributed by atoms with Gasteiger partial charge in [0.1, 0.15) is 0 Å². The van der Waals surface area contributed by atoms with Gasteiger partial charge in [0, 0.05) is 6.54 Å². The Balaban J connectivity index is 1.95. The molecule has 1 unspecified atom stereocenters. The van der Waals surface area contributed by atoms with Crippen LogP contribution in [0.15, 0.2) is 35.7 Å². The molecule has 1 aromatic heterocycles. The van der Waals surface area contributed by atoms with E-state index in [4.69, 9.17) is 0 Å². The van der Waals surface area contributed by atoms with Gasteiger partial charge in [0.15, 0.2) is 0 Å². The molecule has 2 rings (SSSR count). The summed E-state index contributed by atoms with van der Waals surface area (Å²) < 4.78 is 37.3. The van der Waals surface area contributed by atoms with E-state index < -0.39 is 17.8 Å². The maximum Gasteiger partial charge on any atom is 0.416 e. The zero-order valence-electron chi connectivity index (χ0n) is 11.6. The SMILES string of the molecule is Cc1csc(C(=O)NCC(O)c2ccc(C(F)(F)F)cc2)c1. The van der Waals surface area contributed by atoms with Crippen molar-refractivity contribution in [2.45, 2.75) is 19.2 Å². The first-order chi connectivity index (χ1) is 10.3. The predicted octanol–water partition coefficient (Wildman–Crippen LogP) is 3.54. The van der Waals surface area contributed by atoms with Crippen LogP contribution in [0.25, 0.3) is 0 Å². The van der Waals surface area contributed by atoms with Crippen LogP contribution >= 0.6 is 11.3 Å². The van der Waals surface area contributed by atoms with Gasteiger partial charge in [0.05, 0.1) is 16.5 Å². The van der Waals surface area contributed by atoms with E-state index >= 15 is 0 Å². The molecule has 0 saturated heterocycles. The topological polar surface area (TPSA) is 49.3 Å². The van der Waals surface area contributed by atoms with Gasteiger partial charge in [-0.15, -0.1) is 11.3 Å². The maximum atomic E-state index is 12.4. The zero-order valence-corrected chi connectivity index (χ0v) is 12.5. The molecule has 0 aliphatic rings. The lowest BCUT2D eigenvalue weighted by Gasteiger charge is -2.13. The quantitative estimate of drug-likeness (QED) is 0.901. The van der Waals surface area contributed by atoms with E-state index in [1.165, 1.54) is 23.5 Å². The van der Waals surface area contributed by atoms with Crippen molar-refractivity contribution in [2.24, 2.45) is 0 Å². The monoisotopic (exact) mass is 329 g/mol. The van der Waals surface area contributed by atoms with Crippen LogP contribution in [0.3, 0.4) is 0 Å². The largest absolute Gasteiger partial charge is 0.416 e. The van der Waals surface area contributed by atoms with Crippen molar-refractivity contribution in [3.05, 3.63) is 57.3 Å². The number of benzene rings is 1. The minimum Gasteiger partial charge on any atom is -0.387 e. The Kier molecular flexibility index (Phi) is 4.87. The minimum atomic E-state index is -4.41. The lowest BCUT2D eigenvalue weighted by atomic mass is 10.1. The Morgan fingerprint density at radius 2 is 1.95 bits per heavy atom. The highest BCUT2D eigenvalue weighted by Gasteiger charge is 2.30. The van der Waals surface area contributed by atoms with Crippen molar-refractivity contribution in [2.75, 3.05) is 6.54 Å². The van der Waals surface area contributed by atoms with E-state index in [0.29, 0.717) is 10.4 Å². The number of carbonyl (C=O) groups is 1. The molecule has 2 N–H and O–H groups in total. The third-order valence-electron chi connectivity index (χ3n) is 3.03. The molecule has 0 saturated carbocycles. The number of amides is 1. The minimum absolute atomic E-state index is 0.0683. The van der Waals surface area contributed by atoms with Crippen molar-refractivity contribution < 1.29 is 23.1 Å². The molecule has 1 atom stereocenters. The van der Waals surface area contributed by atoms with Crippen LogP contribution in [0.4, 0.5) is 13.2 Å². The number of carbonyl (C=O) groups excluding carboxylic acids is 1. The van der Waals surface area contributed by atoms with E-state index in [2.05, 4.69) is 5.32 Å². The van der Waals surface area contributed by atoms with Gasteiger partial charge in [-0.2, -0.15) is 13.2 Å². The Hall–Kier alpha value is -1.86. The summed E-state index contributed by atoms with van der Waals surface area (Å²) in [4.78, 5) is 12.3. The van der Waals surface area contributed by atoms with Gasteiger partial charge in [-0.25, -0.2) is 0 Å². The van der Waals surface area contributed by atoms with Gasteiger partial charge in [-0.05, 0) is 41.6 Å². The third kappa shape index (κ3) is 4.08. The number of thiophene rings is 1. The molecule has 0 bridgehead atoms. The normalized spacial score (nSPS) is 13.0. The van der Waals surface area contributed by atoms with E-state index in [-0.39, 0.29) is 12.5 Å². The van der Waals surface area contributed by atoms with Gasteiger partial charge >= 0.3 is 6.18 Å². The maximum absolute atomic E-state index is 12.4. The second-order valence-corrected chi connectivity index (χ2v) is 5.75. The highest BCUT2D eigenvalue weighted by atomic mass is 32.1. The Bertz CT molecular complexity index is 650. The lowest BCUT2D eigenvalue weighted by Crippen LogP contribution is -2.27. The molecule has 118 valence electrons. The van der Waals surface area contributed by atoms with E-state index in [0.717, 1.165) is 17.7 Å². The average Bonchev–Trinajstić information content (AvgIpc) is 2.90. The number of nitrogens with one attached hydrogen (secondary N) is 1. The standard InChI is InChI=1S/C15H14F3NO2S/c1-9-6-13(22-8-9)14(21)19-7-12(20)10-2-4-11(5-3-10)15(16,17)18/h2-6,8,12,20H,7H2,1H3,(H,19,21). The molecule has 0 aliphatic heterocycles. The highest BCUT2D eigenvalue weighted by Crippen LogP contribution is 2.29. The summed E-state index contributed by atoms with van der Waals surface area (Å²) in [5.74, 6) is -0.316. The highest BCUT2D eigenvalue weighted by molar-refractivity contribution is 7.12. The van der Waals surface area contributed by atoms with Crippen molar-refractivity contribution in [3.8, 4) is 0 Å². The third-order valence-corrected chi connectivity index (χ3v) is 4.08. The summed E-state index contributed by atoms with van der Waals surface area (Å²) in [5.41, 5.74) is 0.510. The van der Waals surface area contributed by atoms with Gasteiger partial charge < -0.3 is 10.4 Å². The fourth-order valence-electron chi connectivity index (χ4n) is 1.84. The van der Waals surface area contributed by atoms with E-state index in [1.54, 1.807) is 6.07 Å². The smallest absolute Gasteiger partial charge is 0.387 e. The van der Waals surface area contributed by atoms with Crippen LogP contribution in [0.1, 0.15) is 32.5 Å². The first kappa shape index (κ1) is 16.5. The number of rotatable bonds is 4. The van der Waals surface area contributed by atoms with Crippen molar-refractivity contribution >= 4 is 17.2 Å². The second-order valence-electron chi connectivity index (χ2n) is 4.83. The molecule has 0 fully saturated rings. The van der Waals surface area contributed by atoms with Gasteiger partial charge in [-0.3, -0.25) is 4.79 Å². The molecule has 0 radical (unpaired) electrons. The molecule has 2 aromatic rings. The fraction of sp³-hybridized carbons (Fsp3) is 0.267. The van der Waals surface area contributed by atoms with Crippen molar-refractivity contribution in [1.29, 1.82) is 0 Å². The lowest BCUT2D eigenvalue weighted by molar-refractivity contribution is -0.137. The summed E-state index contributed by atoms with van der Waals surface area (Å²) in [5, 5.41) is 14.3. The number of aliphatic hydroxyl groups is 1. The summed E-state index contributed by atoms with van der Waals surface area (Å²) >= 11 is 1.29. The molecule has 1 heterocycles. The number of hydrogen-bond acceptors (Lipinski definition) is 3. The number of halogens is 3.